The number of ether oxygens (including phenoxy) is 2. The number of nitrogens with zero attached hydrogens (tertiary/aromatic N) is 4. The first kappa shape index (κ1) is 37.7. The Kier molecular flexibility index (Phi) is 11.5. The maximum absolute atomic E-state index is 12.5. The summed E-state index contributed by atoms with van der Waals surface area (Å²) in [5, 5.41) is 2.69. The molecule has 0 aliphatic carbocycles. The molecule has 1 aliphatic rings. The van der Waals surface area contributed by atoms with Crippen LogP contribution in [0.15, 0.2) is 12.7 Å². The van der Waals surface area contributed by atoms with E-state index in [2.05, 4.69) is 88.0 Å². The van der Waals surface area contributed by atoms with Gasteiger partial charge in [-0.15, -0.1) is 0 Å². The quantitative estimate of drug-likeness (QED) is 0.170. The fourth-order valence-electron chi connectivity index (χ4n) is 4.17. The minimum Gasteiger partial charge on any atom is -0.414 e. The lowest BCUT2D eigenvalue weighted by Gasteiger charge is -2.41. The summed E-state index contributed by atoms with van der Waals surface area (Å²) < 4.78 is 56.9. The summed E-state index contributed by atoms with van der Waals surface area (Å²) in [6, 6.07) is 0. The van der Waals surface area contributed by atoms with Gasteiger partial charge in [-0.2, -0.15) is 8.42 Å². The van der Waals surface area contributed by atoms with Crippen molar-refractivity contribution in [1.29, 1.82) is 0 Å². The van der Waals surface area contributed by atoms with Gasteiger partial charge in [-0.25, -0.2) is 15.0 Å². The number of imidazole rings is 1. The molecule has 0 spiro atoms. The number of carbonyl (C=O) groups is 1. The highest BCUT2D eigenvalue weighted by atomic mass is 32.2. The molecule has 3 heterocycles. The molecule has 1 N–H and O–H groups in total. The van der Waals surface area contributed by atoms with Crippen LogP contribution in [0, 0.1) is 5.92 Å². The third-order valence-corrected chi connectivity index (χ3v) is 18.6. The lowest BCUT2D eigenvalue weighted by atomic mass is 10.1. The molecule has 2 aromatic heterocycles. The number of rotatable bonds is 13. The molecule has 0 aromatic carbocycles. The Morgan fingerprint density at radius 3 is 2.18 bits per heavy atom. The van der Waals surface area contributed by atoms with Gasteiger partial charge < -0.3 is 23.6 Å². The molecule has 256 valence electrons. The zero-order valence-corrected chi connectivity index (χ0v) is 31.9. The van der Waals surface area contributed by atoms with Crippen molar-refractivity contribution in [2.45, 2.75) is 116 Å². The fourth-order valence-corrected chi connectivity index (χ4v) is 6.87. The van der Waals surface area contributed by atoms with Crippen molar-refractivity contribution >= 4 is 49.6 Å². The number of anilines is 1. The minimum absolute atomic E-state index is 0.0199. The molecule has 16 heteroatoms. The van der Waals surface area contributed by atoms with Gasteiger partial charge in [0.05, 0.1) is 32.4 Å². The molecule has 0 saturated carbocycles. The lowest BCUT2D eigenvalue weighted by molar-refractivity contribution is -0.118. The Morgan fingerprint density at radius 2 is 1.62 bits per heavy atom. The molecule has 13 nitrogen and oxygen atoms in total. The van der Waals surface area contributed by atoms with Gasteiger partial charge >= 0.3 is 0 Å². The fraction of sp³-hybridized carbons (Fsp3) is 0.793. The van der Waals surface area contributed by atoms with Gasteiger partial charge in [0.25, 0.3) is 10.1 Å². The van der Waals surface area contributed by atoms with Crippen LogP contribution in [0.1, 0.15) is 61.6 Å². The van der Waals surface area contributed by atoms with Crippen LogP contribution < -0.4 is 5.32 Å². The summed E-state index contributed by atoms with van der Waals surface area (Å²) in [4.78, 5) is 25.8. The van der Waals surface area contributed by atoms with E-state index in [1.165, 1.54) is 6.33 Å². The average Bonchev–Trinajstić information content (AvgIpc) is 3.45. The summed E-state index contributed by atoms with van der Waals surface area (Å²) in [7, 11) is -8.20. The molecule has 1 aliphatic heterocycles. The zero-order valence-electron chi connectivity index (χ0n) is 29.1. The highest BCUT2D eigenvalue weighted by Crippen LogP contribution is 2.44. The third-order valence-electron chi connectivity index (χ3n) is 9.03. The van der Waals surface area contributed by atoms with Gasteiger partial charge in [-0.1, -0.05) is 55.4 Å². The number of amides is 1. The summed E-state index contributed by atoms with van der Waals surface area (Å²) >= 11 is 0. The van der Waals surface area contributed by atoms with Gasteiger partial charge in [-0.3, -0.25) is 13.5 Å². The number of aromatic nitrogens is 4. The first-order valence-electron chi connectivity index (χ1n) is 15.4. The van der Waals surface area contributed by atoms with E-state index in [1.54, 1.807) is 24.7 Å². The maximum Gasteiger partial charge on any atom is 0.264 e. The topological polar surface area (TPSA) is 153 Å². The minimum atomic E-state index is -3.66. The van der Waals surface area contributed by atoms with Crippen LogP contribution in [-0.2, 0) is 37.4 Å². The molecular formula is C29H53N5O8SSi2. The summed E-state index contributed by atoms with van der Waals surface area (Å²) in [5.74, 6) is -0.155. The Labute approximate surface area is 270 Å². The molecule has 3 rings (SSSR count). The zero-order chi connectivity index (χ0) is 34.2. The van der Waals surface area contributed by atoms with Crippen molar-refractivity contribution in [1.82, 2.24) is 19.5 Å². The number of carbonyl (C=O) groups excluding carboxylic acids is 1. The summed E-state index contributed by atoms with van der Waals surface area (Å²) in [5.41, 5.74) is 0.837. The van der Waals surface area contributed by atoms with Crippen molar-refractivity contribution in [3.05, 3.63) is 12.7 Å². The van der Waals surface area contributed by atoms with Crippen LogP contribution in [0.5, 0.6) is 0 Å². The molecule has 2 aromatic rings. The monoisotopic (exact) mass is 687 g/mol. The Balaban J connectivity index is 2.08. The van der Waals surface area contributed by atoms with E-state index in [4.69, 9.17) is 22.5 Å². The second kappa shape index (κ2) is 13.7. The Morgan fingerprint density at radius 1 is 1.00 bits per heavy atom. The van der Waals surface area contributed by atoms with Gasteiger partial charge in [0, 0.05) is 5.92 Å². The molecule has 0 radical (unpaired) electrons. The average molecular weight is 688 g/mol. The second-order valence-electron chi connectivity index (χ2n) is 15.0. The third kappa shape index (κ3) is 9.18. The van der Waals surface area contributed by atoms with E-state index in [0.29, 0.717) is 17.0 Å². The standard InChI is InChI=1S/C29H53N5O8SSi2/c1-19(2)26(35)33-24-21-25(31-17-30-24)34(18-32-21)27-23(38-14-15-39-43(9,36)37)22(42-45(12,13)29(6,7)8)20(41-27)16-40-44(10,11)28(3,4)5/h17-20,22-23,27H,14-16H2,1-13H3,(H,30,31,33,35)/t20-,22-,23-,27-/m1/s1. The van der Waals surface area contributed by atoms with E-state index in [1.807, 2.05) is 0 Å². The smallest absolute Gasteiger partial charge is 0.264 e. The lowest BCUT2D eigenvalue weighted by Crippen LogP contribution is -2.51. The molecule has 1 amide bonds. The molecule has 4 atom stereocenters. The second-order valence-corrected chi connectivity index (χ2v) is 26.2. The van der Waals surface area contributed by atoms with Crippen LogP contribution in [0.25, 0.3) is 11.2 Å². The van der Waals surface area contributed by atoms with E-state index in [0.717, 1.165) is 6.26 Å². The Hall–Kier alpha value is -1.80. The first-order valence-corrected chi connectivity index (χ1v) is 23.0. The number of hydrogen-bond donors (Lipinski definition) is 1. The predicted octanol–water partition coefficient (Wildman–Crippen LogP) is 5.09. The van der Waals surface area contributed by atoms with E-state index in [-0.39, 0.29) is 41.7 Å². The highest BCUT2D eigenvalue weighted by Gasteiger charge is 2.52. The van der Waals surface area contributed by atoms with Crippen molar-refractivity contribution in [2.75, 3.05) is 31.4 Å². The SMILES string of the molecule is CC(C)C(=O)Nc1ncnc2c1ncn2[C@@H]1O[C@H](CO[Si](C)(C)C(C)(C)C)[C@@H](O[Si](C)(C)C(C)(C)C)[C@H]1OCCOS(C)(=O)=O. The van der Waals surface area contributed by atoms with Crippen molar-refractivity contribution in [3.63, 3.8) is 0 Å². The van der Waals surface area contributed by atoms with Crippen LogP contribution in [0.4, 0.5) is 5.82 Å². The first-order chi connectivity index (χ1) is 20.5. The molecular weight excluding hydrogens is 635 g/mol. The summed E-state index contributed by atoms with van der Waals surface area (Å²) in [6.07, 6.45) is 1.41. The van der Waals surface area contributed by atoms with Gasteiger partial charge in [0.2, 0.25) is 5.91 Å². The predicted molar refractivity (Wildman–Crippen MR) is 178 cm³/mol. The molecule has 1 fully saturated rings. The maximum atomic E-state index is 12.5. The van der Waals surface area contributed by atoms with Gasteiger partial charge in [-0.05, 0) is 36.3 Å². The van der Waals surface area contributed by atoms with Crippen LogP contribution in [0.3, 0.4) is 0 Å². The number of hydrogen-bond acceptors (Lipinski definition) is 11. The Bertz CT molecular complexity index is 1440. The van der Waals surface area contributed by atoms with Gasteiger partial charge in [0.1, 0.15) is 24.6 Å². The van der Waals surface area contributed by atoms with Gasteiger partial charge in [0.15, 0.2) is 39.8 Å². The molecule has 0 unspecified atom stereocenters. The van der Waals surface area contributed by atoms with E-state index in [9.17, 15) is 13.2 Å². The van der Waals surface area contributed by atoms with Crippen molar-refractivity contribution < 1.29 is 35.7 Å². The number of fused-ring (bicyclic) bond motifs is 1. The molecule has 45 heavy (non-hydrogen) atoms. The van der Waals surface area contributed by atoms with Crippen molar-refractivity contribution in [2.24, 2.45) is 5.92 Å². The summed E-state index contributed by atoms with van der Waals surface area (Å²) in [6.45, 7) is 25.4. The normalized spacial score (nSPS) is 22.0. The largest absolute Gasteiger partial charge is 0.414 e. The van der Waals surface area contributed by atoms with Crippen LogP contribution in [0.2, 0.25) is 36.3 Å². The molecule has 0 bridgehead atoms. The number of nitrogens with one attached hydrogen (secondary N) is 1. The van der Waals surface area contributed by atoms with Crippen molar-refractivity contribution in [3.8, 4) is 0 Å². The molecule has 1 saturated heterocycles. The van der Waals surface area contributed by atoms with Crippen LogP contribution in [-0.4, -0.2) is 94.9 Å². The van der Waals surface area contributed by atoms with E-state index < -0.39 is 51.3 Å². The highest BCUT2D eigenvalue weighted by molar-refractivity contribution is 7.85. The van der Waals surface area contributed by atoms with Crippen LogP contribution >= 0.6 is 0 Å². The van der Waals surface area contributed by atoms with E-state index >= 15 is 0 Å².